The van der Waals surface area contributed by atoms with E-state index in [0.717, 1.165) is 62.8 Å². The van der Waals surface area contributed by atoms with Gasteiger partial charge in [0.1, 0.15) is 11.5 Å². The Morgan fingerprint density at radius 2 is 2.19 bits per heavy atom. The number of nitrogens with one attached hydrogen (secondary N) is 1. The lowest BCUT2D eigenvalue weighted by molar-refractivity contribution is 0.170. The van der Waals surface area contributed by atoms with Crippen LogP contribution in [0.15, 0.2) is 24.4 Å². The van der Waals surface area contributed by atoms with Crippen molar-refractivity contribution >= 4 is 5.82 Å². The van der Waals surface area contributed by atoms with E-state index in [4.69, 9.17) is 9.97 Å². The highest BCUT2D eigenvalue weighted by molar-refractivity contribution is 5.58. The molecule has 1 fully saturated rings. The van der Waals surface area contributed by atoms with Crippen molar-refractivity contribution in [3.63, 3.8) is 0 Å². The van der Waals surface area contributed by atoms with Crippen LogP contribution in [0.2, 0.25) is 0 Å². The molecule has 1 atom stereocenters. The minimum Gasteiger partial charge on any atom is -0.396 e. The maximum atomic E-state index is 9.39. The van der Waals surface area contributed by atoms with Crippen molar-refractivity contribution in [3.05, 3.63) is 35.7 Å². The molecule has 4 heterocycles. The summed E-state index contributed by atoms with van der Waals surface area (Å²) in [6, 6.07) is 6.18. The number of aromatic nitrogens is 3. The Kier molecular flexibility index (Phi) is 5.10. The van der Waals surface area contributed by atoms with Crippen LogP contribution in [-0.2, 0) is 13.0 Å². The predicted molar refractivity (Wildman–Crippen MR) is 101 cm³/mol. The number of anilines is 1. The van der Waals surface area contributed by atoms with Gasteiger partial charge in [0.05, 0.1) is 5.69 Å². The molecule has 0 bridgehead atoms. The van der Waals surface area contributed by atoms with Crippen LogP contribution in [0.4, 0.5) is 5.82 Å². The summed E-state index contributed by atoms with van der Waals surface area (Å²) in [5, 5.41) is 12.8. The first-order valence-corrected chi connectivity index (χ1v) is 9.34. The SMILES string of the molecule is CN1CCN(c2nc(-c3ccccn3)nc3c2CCNC3)C[C@@H]1CCO. The van der Waals surface area contributed by atoms with Crippen LogP contribution in [-0.4, -0.2) is 70.8 Å². The normalized spacial score (nSPS) is 20.8. The van der Waals surface area contributed by atoms with Crippen LogP contribution in [0.1, 0.15) is 17.7 Å². The molecule has 0 aliphatic carbocycles. The Bertz CT molecular complexity index is 753. The van der Waals surface area contributed by atoms with E-state index in [-0.39, 0.29) is 6.61 Å². The zero-order valence-corrected chi connectivity index (χ0v) is 15.2. The van der Waals surface area contributed by atoms with Gasteiger partial charge in [0.25, 0.3) is 0 Å². The maximum Gasteiger partial charge on any atom is 0.180 e. The molecule has 7 nitrogen and oxygen atoms in total. The summed E-state index contributed by atoms with van der Waals surface area (Å²) in [4.78, 5) is 18.9. The molecule has 0 aromatic carbocycles. The standard InChI is InChI=1S/C19H26N6O/c1-24-9-10-25(13-14(24)6-11-26)19-15-5-8-20-12-17(15)22-18(23-19)16-4-2-3-7-21-16/h2-4,7,14,20,26H,5-6,8-13H2,1H3/t14-/m0/s1. The van der Waals surface area contributed by atoms with Gasteiger partial charge in [-0.05, 0) is 38.6 Å². The number of nitrogens with zero attached hydrogens (tertiary/aromatic N) is 5. The number of rotatable bonds is 4. The second-order valence-corrected chi connectivity index (χ2v) is 7.03. The van der Waals surface area contributed by atoms with Gasteiger partial charge in [-0.25, -0.2) is 9.97 Å². The van der Waals surface area contributed by atoms with Crippen molar-refractivity contribution < 1.29 is 5.11 Å². The lowest BCUT2D eigenvalue weighted by Crippen LogP contribution is -2.52. The van der Waals surface area contributed by atoms with Gasteiger partial charge in [0, 0.05) is 50.6 Å². The highest BCUT2D eigenvalue weighted by Gasteiger charge is 2.28. The minimum absolute atomic E-state index is 0.216. The number of fused-ring (bicyclic) bond motifs is 1. The Balaban J connectivity index is 1.72. The predicted octanol–water partition coefficient (Wildman–Crippen LogP) is 0.687. The number of likely N-dealkylation sites (N-methyl/N-ethyl adjacent to an activating group) is 1. The van der Waals surface area contributed by atoms with E-state index in [1.54, 1.807) is 6.20 Å². The third-order valence-corrected chi connectivity index (χ3v) is 5.35. The summed E-state index contributed by atoms with van der Waals surface area (Å²) >= 11 is 0. The second kappa shape index (κ2) is 7.65. The van der Waals surface area contributed by atoms with Crippen molar-refractivity contribution in [2.75, 3.05) is 44.7 Å². The summed E-state index contributed by atoms with van der Waals surface area (Å²) in [5.41, 5.74) is 3.15. The average molecular weight is 354 g/mol. The van der Waals surface area contributed by atoms with Gasteiger partial charge in [0.15, 0.2) is 5.82 Å². The van der Waals surface area contributed by atoms with Crippen LogP contribution in [0, 0.1) is 0 Å². The molecule has 4 rings (SSSR count). The van der Waals surface area contributed by atoms with Gasteiger partial charge < -0.3 is 15.3 Å². The Morgan fingerprint density at radius 3 is 3.00 bits per heavy atom. The Hall–Kier alpha value is -2.09. The number of piperazine rings is 1. The molecule has 2 aromatic rings. The topological polar surface area (TPSA) is 77.4 Å². The highest BCUT2D eigenvalue weighted by atomic mass is 16.3. The summed E-state index contributed by atoms with van der Waals surface area (Å²) in [6.07, 6.45) is 3.52. The van der Waals surface area contributed by atoms with Crippen molar-refractivity contribution in [2.24, 2.45) is 0 Å². The summed E-state index contributed by atoms with van der Waals surface area (Å²) in [5.74, 6) is 1.74. The van der Waals surface area contributed by atoms with Gasteiger partial charge in [-0.15, -0.1) is 0 Å². The quantitative estimate of drug-likeness (QED) is 0.836. The molecule has 0 unspecified atom stereocenters. The molecular formula is C19H26N6O. The molecule has 7 heteroatoms. The molecule has 2 aliphatic heterocycles. The average Bonchev–Trinajstić information content (AvgIpc) is 2.70. The van der Waals surface area contributed by atoms with Crippen LogP contribution in [0.3, 0.4) is 0 Å². The third kappa shape index (κ3) is 3.42. The molecular weight excluding hydrogens is 328 g/mol. The Morgan fingerprint density at radius 1 is 1.27 bits per heavy atom. The summed E-state index contributed by atoms with van der Waals surface area (Å²) < 4.78 is 0. The lowest BCUT2D eigenvalue weighted by Gasteiger charge is -2.41. The van der Waals surface area contributed by atoms with E-state index in [2.05, 4.69) is 27.1 Å². The van der Waals surface area contributed by atoms with Gasteiger partial charge in [0.2, 0.25) is 0 Å². The van der Waals surface area contributed by atoms with E-state index in [1.807, 2.05) is 18.2 Å². The van der Waals surface area contributed by atoms with Crippen molar-refractivity contribution in [1.82, 2.24) is 25.2 Å². The molecule has 2 aliphatic rings. The number of pyridine rings is 1. The van der Waals surface area contributed by atoms with Crippen LogP contribution in [0.25, 0.3) is 11.5 Å². The first kappa shape index (κ1) is 17.3. The molecule has 138 valence electrons. The van der Waals surface area contributed by atoms with E-state index in [9.17, 15) is 5.11 Å². The molecule has 0 saturated carbocycles. The van der Waals surface area contributed by atoms with Crippen LogP contribution >= 0.6 is 0 Å². The number of aliphatic hydroxyl groups is 1. The number of hydrogen-bond donors (Lipinski definition) is 2. The van der Waals surface area contributed by atoms with E-state index < -0.39 is 0 Å². The fraction of sp³-hybridized carbons (Fsp3) is 0.526. The van der Waals surface area contributed by atoms with Gasteiger partial charge >= 0.3 is 0 Å². The first-order chi connectivity index (χ1) is 12.8. The third-order valence-electron chi connectivity index (χ3n) is 5.35. The van der Waals surface area contributed by atoms with E-state index >= 15 is 0 Å². The van der Waals surface area contributed by atoms with Crippen molar-refractivity contribution in [1.29, 1.82) is 0 Å². The molecule has 0 radical (unpaired) electrons. The first-order valence-electron chi connectivity index (χ1n) is 9.34. The molecule has 0 spiro atoms. The fourth-order valence-electron chi connectivity index (χ4n) is 3.81. The van der Waals surface area contributed by atoms with Crippen molar-refractivity contribution in [2.45, 2.75) is 25.4 Å². The lowest BCUT2D eigenvalue weighted by atomic mass is 10.0. The number of aliphatic hydroxyl groups excluding tert-OH is 1. The number of hydrogen-bond acceptors (Lipinski definition) is 7. The maximum absolute atomic E-state index is 9.39. The Labute approximate surface area is 154 Å². The molecule has 2 aromatic heterocycles. The van der Waals surface area contributed by atoms with Crippen molar-refractivity contribution in [3.8, 4) is 11.5 Å². The molecule has 1 saturated heterocycles. The molecule has 0 amide bonds. The fourth-order valence-corrected chi connectivity index (χ4v) is 3.81. The van der Waals surface area contributed by atoms with Gasteiger partial charge in [-0.1, -0.05) is 6.07 Å². The molecule has 26 heavy (non-hydrogen) atoms. The smallest absolute Gasteiger partial charge is 0.180 e. The zero-order valence-electron chi connectivity index (χ0n) is 15.2. The zero-order chi connectivity index (χ0) is 17.9. The molecule has 2 N–H and O–H groups in total. The monoisotopic (exact) mass is 354 g/mol. The van der Waals surface area contributed by atoms with Crippen LogP contribution in [0.5, 0.6) is 0 Å². The van der Waals surface area contributed by atoms with Gasteiger partial charge in [-0.2, -0.15) is 0 Å². The second-order valence-electron chi connectivity index (χ2n) is 7.03. The van der Waals surface area contributed by atoms with Gasteiger partial charge in [-0.3, -0.25) is 9.88 Å². The summed E-state index contributed by atoms with van der Waals surface area (Å²) in [6.45, 7) is 4.75. The largest absolute Gasteiger partial charge is 0.396 e. The highest BCUT2D eigenvalue weighted by Crippen LogP contribution is 2.28. The minimum atomic E-state index is 0.216. The van der Waals surface area contributed by atoms with Crippen LogP contribution < -0.4 is 10.2 Å². The summed E-state index contributed by atoms with van der Waals surface area (Å²) in [7, 11) is 2.14. The van der Waals surface area contributed by atoms with E-state index in [0.29, 0.717) is 11.9 Å². The van der Waals surface area contributed by atoms with E-state index in [1.165, 1.54) is 5.56 Å².